The van der Waals surface area contributed by atoms with E-state index in [2.05, 4.69) is 21.2 Å². The number of carboxylic acid groups (broad SMARTS) is 1. The molecule has 0 saturated carbocycles. The van der Waals surface area contributed by atoms with Gasteiger partial charge in [-0.1, -0.05) is 5.92 Å². The molecule has 4 rings (SSSR count). The van der Waals surface area contributed by atoms with Crippen LogP contribution in [0.4, 0.5) is 5.69 Å². The largest absolute Gasteiger partial charge is 0.480 e. The van der Waals surface area contributed by atoms with E-state index in [9.17, 15) is 29.4 Å². The average molecular weight is 518 g/mol. The highest BCUT2D eigenvalue weighted by atomic mass is 16.4. The van der Waals surface area contributed by atoms with Gasteiger partial charge in [-0.25, -0.2) is 9.78 Å². The van der Waals surface area contributed by atoms with Crippen molar-refractivity contribution in [2.24, 2.45) is 5.73 Å². The third-order valence-electron chi connectivity index (χ3n) is 6.59. The molecule has 0 saturated heterocycles. The number of terminal acetylenes is 1. The van der Waals surface area contributed by atoms with Gasteiger partial charge in [-0.3, -0.25) is 14.4 Å². The molecule has 2 aromatic carbocycles. The number of primary amides is 1. The molecule has 3 aromatic rings. The van der Waals surface area contributed by atoms with E-state index in [0.717, 1.165) is 29.7 Å². The second-order valence-corrected chi connectivity index (χ2v) is 9.04. The van der Waals surface area contributed by atoms with E-state index in [1.807, 2.05) is 17.0 Å². The Bertz CT molecular complexity index is 1490. The quantitative estimate of drug-likeness (QED) is 0.247. The smallest absolute Gasteiger partial charge is 0.326 e. The molecule has 1 aliphatic carbocycles. The maximum absolute atomic E-state index is 12.6. The summed E-state index contributed by atoms with van der Waals surface area (Å²) < 4.78 is 0. The number of nitrogens with two attached hydrogens (primary N) is 1. The molecule has 0 spiro atoms. The first-order valence-corrected chi connectivity index (χ1v) is 12.0. The van der Waals surface area contributed by atoms with E-state index in [0.29, 0.717) is 10.9 Å². The van der Waals surface area contributed by atoms with Crippen LogP contribution in [0.3, 0.4) is 0 Å². The van der Waals surface area contributed by atoms with Gasteiger partial charge in [-0.15, -0.1) is 6.42 Å². The number of aromatic amines is 1. The zero-order chi connectivity index (χ0) is 27.4. The van der Waals surface area contributed by atoms with Gasteiger partial charge in [0.15, 0.2) is 0 Å². The standard InChI is InChI=1S/C27H27N5O6/c1-2-11-32(17-6-3-15(4-7-17)25(35)30-20(27(37)38)8-10-23(28)34)22-9-5-16-12-21-19(13-18(16)22)26(36)31-24(14-33)29-21/h1,3-4,6-7,12-13,20,22,33H,5,8-11,14H2,(H2,28,34)(H,30,35)(H,37,38)(H,29,31,36)/t20?,22-/m0/s1. The number of rotatable bonds is 10. The van der Waals surface area contributed by atoms with Crippen molar-refractivity contribution in [1.82, 2.24) is 15.3 Å². The number of hydrogen-bond donors (Lipinski definition) is 5. The summed E-state index contributed by atoms with van der Waals surface area (Å²) in [5, 5.41) is 21.5. The molecule has 11 nitrogen and oxygen atoms in total. The molecule has 0 bridgehead atoms. The van der Waals surface area contributed by atoms with Crippen LogP contribution < -0.4 is 21.5 Å². The van der Waals surface area contributed by atoms with E-state index >= 15 is 0 Å². The van der Waals surface area contributed by atoms with Crippen LogP contribution in [0, 0.1) is 12.3 Å². The SMILES string of the molecule is C#CCN(c1ccc(C(=O)NC(CCC(N)=O)C(=O)O)cc1)[C@H]1CCc2cc3nc(CO)[nH]c(=O)c3cc21. The number of fused-ring (bicyclic) bond motifs is 2. The van der Waals surface area contributed by atoms with Gasteiger partial charge in [0.25, 0.3) is 11.5 Å². The van der Waals surface area contributed by atoms with Gasteiger partial charge in [0, 0.05) is 17.7 Å². The Labute approximate surface area is 217 Å². The monoisotopic (exact) mass is 517 g/mol. The molecule has 0 aliphatic heterocycles. The van der Waals surface area contributed by atoms with Gasteiger partial charge in [-0.2, -0.15) is 0 Å². The number of hydrogen-bond acceptors (Lipinski definition) is 7. The molecule has 2 atom stereocenters. The van der Waals surface area contributed by atoms with Crippen LogP contribution in [0.5, 0.6) is 0 Å². The number of aliphatic carboxylic acids is 1. The summed E-state index contributed by atoms with van der Waals surface area (Å²) in [6, 6.07) is 8.93. The molecule has 38 heavy (non-hydrogen) atoms. The number of nitrogens with one attached hydrogen (secondary N) is 2. The van der Waals surface area contributed by atoms with Gasteiger partial charge in [0.2, 0.25) is 5.91 Å². The van der Waals surface area contributed by atoms with Gasteiger partial charge >= 0.3 is 5.97 Å². The summed E-state index contributed by atoms with van der Waals surface area (Å²) in [6.45, 7) is -0.0842. The van der Waals surface area contributed by atoms with Crippen LogP contribution in [0.2, 0.25) is 0 Å². The maximum atomic E-state index is 12.6. The zero-order valence-electron chi connectivity index (χ0n) is 20.4. The second-order valence-electron chi connectivity index (χ2n) is 9.04. The van der Waals surface area contributed by atoms with E-state index in [1.165, 1.54) is 0 Å². The van der Waals surface area contributed by atoms with Crippen molar-refractivity contribution in [3.05, 3.63) is 69.3 Å². The summed E-state index contributed by atoms with van der Waals surface area (Å²) >= 11 is 0. The Hall–Kier alpha value is -4.69. The lowest BCUT2D eigenvalue weighted by Gasteiger charge is -2.30. The van der Waals surface area contributed by atoms with E-state index < -0.39 is 23.8 Å². The zero-order valence-corrected chi connectivity index (χ0v) is 20.4. The summed E-state index contributed by atoms with van der Waals surface area (Å²) in [7, 11) is 0. The van der Waals surface area contributed by atoms with Crippen LogP contribution in [0.25, 0.3) is 10.9 Å². The number of carbonyl (C=O) groups is 3. The molecular formula is C27H27N5O6. The highest BCUT2D eigenvalue weighted by molar-refractivity contribution is 5.97. The predicted octanol–water partition coefficient (Wildman–Crippen LogP) is 0.991. The van der Waals surface area contributed by atoms with Gasteiger partial charge < -0.3 is 31.1 Å². The number of amides is 2. The number of anilines is 1. The lowest BCUT2D eigenvalue weighted by Crippen LogP contribution is -2.41. The number of aromatic nitrogens is 2. The number of aliphatic hydroxyl groups excluding tert-OH is 1. The fraction of sp³-hybridized carbons (Fsp3) is 0.296. The van der Waals surface area contributed by atoms with Gasteiger partial charge in [0.1, 0.15) is 18.5 Å². The van der Waals surface area contributed by atoms with Crippen LogP contribution >= 0.6 is 0 Å². The predicted molar refractivity (Wildman–Crippen MR) is 139 cm³/mol. The van der Waals surface area contributed by atoms with Crippen molar-refractivity contribution < 1.29 is 24.6 Å². The Morgan fingerprint density at radius 2 is 2.00 bits per heavy atom. The first-order chi connectivity index (χ1) is 18.2. The molecule has 1 heterocycles. The van der Waals surface area contributed by atoms with Crippen molar-refractivity contribution in [3.63, 3.8) is 0 Å². The number of carboxylic acids is 1. The number of aliphatic hydroxyl groups is 1. The molecule has 196 valence electrons. The van der Waals surface area contributed by atoms with Crippen molar-refractivity contribution >= 4 is 34.4 Å². The Morgan fingerprint density at radius 3 is 2.63 bits per heavy atom. The highest BCUT2D eigenvalue weighted by Crippen LogP contribution is 2.39. The Morgan fingerprint density at radius 1 is 1.26 bits per heavy atom. The minimum atomic E-state index is -1.26. The van der Waals surface area contributed by atoms with Crippen LogP contribution in [0.15, 0.2) is 41.2 Å². The number of carbonyl (C=O) groups excluding carboxylic acids is 2. The topological polar surface area (TPSA) is 179 Å². The third-order valence-corrected chi connectivity index (χ3v) is 6.59. The van der Waals surface area contributed by atoms with E-state index in [-0.39, 0.29) is 49.0 Å². The van der Waals surface area contributed by atoms with Crippen molar-refractivity contribution in [1.29, 1.82) is 0 Å². The summed E-state index contributed by atoms with van der Waals surface area (Å²) in [5.74, 6) is 0.374. The number of aryl methyl sites for hydroxylation is 1. The number of H-pyrrole nitrogens is 1. The van der Waals surface area contributed by atoms with E-state index in [1.54, 1.807) is 24.3 Å². The first-order valence-electron chi connectivity index (χ1n) is 12.0. The molecule has 1 aromatic heterocycles. The fourth-order valence-corrected chi connectivity index (χ4v) is 4.74. The minimum Gasteiger partial charge on any atom is -0.480 e. The lowest BCUT2D eigenvalue weighted by atomic mass is 10.0. The molecule has 11 heteroatoms. The maximum Gasteiger partial charge on any atom is 0.326 e. The van der Waals surface area contributed by atoms with Crippen LogP contribution in [-0.2, 0) is 22.6 Å². The van der Waals surface area contributed by atoms with Crippen molar-refractivity contribution in [2.75, 3.05) is 11.4 Å². The summed E-state index contributed by atoms with van der Waals surface area (Å²) in [4.78, 5) is 56.6. The summed E-state index contributed by atoms with van der Waals surface area (Å²) in [6.07, 6.45) is 6.90. The van der Waals surface area contributed by atoms with Crippen molar-refractivity contribution in [3.8, 4) is 12.3 Å². The Balaban J connectivity index is 1.58. The molecular weight excluding hydrogens is 490 g/mol. The molecule has 1 aliphatic rings. The van der Waals surface area contributed by atoms with Crippen LogP contribution in [0.1, 0.15) is 52.6 Å². The minimum absolute atomic E-state index is 0.111. The molecule has 2 amide bonds. The van der Waals surface area contributed by atoms with Gasteiger partial charge in [0.05, 0.1) is 23.5 Å². The lowest BCUT2D eigenvalue weighted by molar-refractivity contribution is -0.139. The number of benzene rings is 2. The summed E-state index contributed by atoms with van der Waals surface area (Å²) in [5.41, 5.74) is 8.27. The highest BCUT2D eigenvalue weighted by Gasteiger charge is 2.29. The van der Waals surface area contributed by atoms with Crippen molar-refractivity contribution in [2.45, 2.75) is 44.4 Å². The molecule has 0 radical (unpaired) electrons. The fourth-order valence-electron chi connectivity index (χ4n) is 4.74. The molecule has 1 unspecified atom stereocenters. The van der Waals surface area contributed by atoms with Crippen LogP contribution in [-0.4, -0.2) is 50.6 Å². The first kappa shape index (κ1) is 26.4. The van der Waals surface area contributed by atoms with E-state index in [4.69, 9.17) is 12.2 Å². The third kappa shape index (κ3) is 5.50. The Kier molecular flexibility index (Phi) is 7.74. The normalized spacial score (nSPS) is 14.9. The van der Waals surface area contributed by atoms with Gasteiger partial charge in [-0.05, 0) is 66.8 Å². The average Bonchev–Trinajstić information content (AvgIpc) is 3.30. The molecule has 0 fully saturated rings. The molecule has 6 N–H and O–H groups in total. The number of nitrogens with zero attached hydrogens (tertiary/aromatic N) is 2. The second kappa shape index (κ2) is 11.1.